The van der Waals surface area contributed by atoms with E-state index in [-0.39, 0.29) is 0 Å². The zero-order valence-corrected chi connectivity index (χ0v) is 7.57. The summed E-state index contributed by atoms with van der Waals surface area (Å²) in [5.41, 5.74) is 0.843. The fourth-order valence-electron chi connectivity index (χ4n) is 0.770. The molecular weight excluding hydrogens is 140 g/mol. The van der Waals surface area contributed by atoms with E-state index >= 15 is 0 Å². The maximum atomic E-state index is 9.03. The van der Waals surface area contributed by atoms with Gasteiger partial charge in [-0.05, 0) is 6.92 Å². The highest BCUT2D eigenvalue weighted by Crippen LogP contribution is 2.07. The first-order valence-electron chi connectivity index (χ1n) is 3.86. The molecule has 3 heteroatoms. The van der Waals surface area contributed by atoms with Gasteiger partial charge in [0, 0.05) is 7.05 Å². The normalized spacial score (nSPS) is 11.7. The van der Waals surface area contributed by atoms with Crippen molar-refractivity contribution in [3.05, 3.63) is 18.2 Å². The van der Waals surface area contributed by atoms with Gasteiger partial charge in [0.05, 0.1) is 24.3 Å². The predicted octanol–water partition coefficient (Wildman–Crippen LogP) is 1.50. The highest BCUT2D eigenvalue weighted by atomic mass is 16.3. The number of rotatable bonds is 1. The Bertz CT molecular complexity index is 194. The third-order valence-corrected chi connectivity index (χ3v) is 1.28. The summed E-state index contributed by atoms with van der Waals surface area (Å²) >= 11 is 0. The van der Waals surface area contributed by atoms with Crippen LogP contribution in [0.3, 0.4) is 0 Å². The molecule has 1 N–H and O–H groups in total. The van der Waals surface area contributed by atoms with E-state index in [0.717, 1.165) is 5.69 Å². The zero-order valence-electron chi connectivity index (χ0n) is 7.57. The lowest BCUT2D eigenvalue weighted by atomic mass is 10.3. The first kappa shape index (κ1) is 10.2. The van der Waals surface area contributed by atoms with Gasteiger partial charge in [-0.15, -0.1) is 0 Å². The molecule has 64 valence electrons. The Hall–Kier alpha value is -0.830. The van der Waals surface area contributed by atoms with Crippen molar-refractivity contribution in [1.82, 2.24) is 9.55 Å². The molecule has 0 saturated heterocycles. The molecule has 0 radical (unpaired) electrons. The Morgan fingerprint density at radius 3 is 2.27 bits per heavy atom. The standard InChI is InChI=1S/C6H10N2O.C2H6/c1-5(9)6-3-7-4-8(6)2;1-2/h3-5,9H,1-2H3;1-2H3. The van der Waals surface area contributed by atoms with E-state index in [2.05, 4.69) is 4.98 Å². The van der Waals surface area contributed by atoms with E-state index in [4.69, 9.17) is 5.11 Å². The molecule has 1 unspecified atom stereocenters. The highest BCUT2D eigenvalue weighted by molar-refractivity contribution is 4.99. The average Bonchev–Trinajstić information content (AvgIpc) is 2.39. The van der Waals surface area contributed by atoms with Crippen LogP contribution in [0.4, 0.5) is 0 Å². The molecule has 0 aliphatic rings. The van der Waals surface area contributed by atoms with Gasteiger partial charge in [0.2, 0.25) is 0 Å². The van der Waals surface area contributed by atoms with E-state index in [0.29, 0.717) is 0 Å². The Morgan fingerprint density at radius 1 is 1.55 bits per heavy atom. The van der Waals surface area contributed by atoms with Crippen LogP contribution in [0.2, 0.25) is 0 Å². The van der Waals surface area contributed by atoms with Crippen LogP contribution in [-0.2, 0) is 7.05 Å². The second kappa shape index (κ2) is 4.91. The van der Waals surface area contributed by atoms with Gasteiger partial charge in [0.15, 0.2) is 0 Å². The van der Waals surface area contributed by atoms with Gasteiger partial charge >= 0.3 is 0 Å². The Morgan fingerprint density at radius 2 is 2.09 bits per heavy atom. The Balaban J connectivity index is 0.000000461. The van der Waals surface area contributed by atoms with Gasteiger partial charge in [-0.3, -0.25) is 0 Å². The maximum Gasteiger partial charge on any atom is 0.0946 e. The summed E-state index contributed by atoms with van der Waals surface area (Å²) in [6.45, 7) is 5.72. The summed E-state index contributed by atoms with van der Waals surface area (Å²) in [5, 5.41) is 9.03. The molecule has 1 rings (SSSR count). The molecule has 1 heterocycles. The smallest absolute Gasteiger partial charge is 0.0946 e. The van der Waals surface area contributed by atoms with Crippen molar-refractivity contribution in [3.63, 3.8) is 0 Å². The van der Waals surface area contributed by atoms with Crippen molar-refractivity contribution in [2.75, 3.05) is 0 Å². The van der Waals surface area contributed by atoms with Crippen molar-refractivity contribution in [2.24, 2.45) is 7.05 Å². The second-order valence-electron chi connectivity index (χ2n) is 2.11. The molecule has 0 aromatic carbocycles. The number of hydrogen-bond acceptors (Lipinski definition) is 2. The third-order valence-electron chi connectivity index (χ3n) is 1.28. The summed E-state index contributed by atoms with van der Waals surface area (Å²) in [6.07, 6.45) is 2.91. The number of nitrogens with zero attached hydrogens (tertiary/aromatic N) is 2. The minimum Gasteiger partial charge on any atom is -0.387 e. The number of hydrogen-bond donors (Lipinski definition) is 1. The largest absolute Gasteiger partial charge is 0.387 e. The van der Waals surface area contributed by atoms with Crippen LogP contribution >= 0.6 is 0 Å². The van der Waals surface area contributed by atoms with Gasteiger partial charge in [-0.1, -0.05) is 13.8 Å². The van der Waals surface area contributed by atoms with Gasteiger partial charge in [-0.25, -0.2) is 4.98 Å². The SMILES string of the molecule is CC.CC(O)c1cncn1C. The average molecular weight is 156 g/mol. The molecule has 3 nitrogen and oxygen atoms in total. The van der Waals surface area contributed by atoms with Gasteiger partial charge in [0.25, 0.3) is 0 Å². The summed E-state index contributed by atoms with van der Waals surface area (Å²) in [6, 6.07) is 0. The third kappa shape index (κ3) is 2.72. The Kier molecular flexibility index (Phi) is 4.54. The summed E-state index contributed by atoms with van der Waals surface area (Å²) < 4.78 is 1.80. The van der Waals surface area contributed by atoms with Crippen LogP contribution < -0.4 is 0 Å². The number of imidazole rings is 1. The predicted molar refractivity (Wildman–Crippen MR) is 45.2 cm³/mol. The van der Waals surface area contributed by atoms with Crippen LogP contribution in [0.1, 0.15) is 32.6 Å². The molecule has 11 heavy (non-hydrogen) atoms. The lowest BCUT2D eigenvalue weighted by Gasteiger charge is -2.02. The zero-order chi connectivity index (χ0) is 8.85. The van der Waals surface area contributed by atoms with E-state index in [1.807, 2.05) is 20.9 Å². The fourth-order valence-corrected chi connectivity index (χ4v) is 0.770. The molecule has 0 fully saturated rings. The topological polar surface area (TPSA) is 38.1 Å². The molecule has 0 saturated carbocycles. The van der Waals surface area contributed by atoms with Crippen LogP contribution in [0, 0.1) is 0 Å². The van der Waals surface area contributed by atoms with Crippen molar-refractivity contribution < 1.29 is 5.11 Å². The fraction of sp³-hybridized carbons (Fsp3) is 0.625. The van der Waals surface area contributed by atoms with E-state index < -0.39 is 6.10 Å². The van der Waals surface area contributed by atoms with Crippen molar-refractivity contribution >= 4 is 0 Å². The van der Waals surface area contributed by atoms with Crippen LogP contribution in [-0.4, -0.2) is 14.7 Å². The molecule has 0 bridgehead atoms. The van der Waals surface area contributed by atoms with Crippen molar-refractivity contribution in [1.29, 1.82) is 0 Å². The van der Waals surface area contributed by atoms with Crippen LogP contribution in [0.25, 0.3) is 0 Å². The quantitative estimate of drug-likeness (QED) is 0.669. The van der Waals surface area contributed by atoms with Gasteiger partial charge in [0.1, 0.15) is 0 Å². The lowest BCUT2D eigenvalue weighted by Crippen LogP contribution is -1.98. The summed E-state index contributed by atoms with van der Waals surface area (Å²) in [4.78, 5) is 3.85. The van der Waals surface area contributed by atoms with Crippen molar-refractivity contribution in [2.45, 2.75) is 26.9 Å². The number of aliphatic hydroxyl groups excluding tert-OH is 1. The molecule has 0 spiro atoms. The van der Waals surface area contributed by atoms with E-state index in [1.54, 1.807) is 24.0 Å². The number of aliphatic hydroxyl groups is 1. The summed E-state index contributed by atoms with van der Waals surface area (Å²) in [5.74, 6) is 0. The molecule has 1 atom stereocenters. The summed E-state index contributed by atoms with van der Waals surface area (Å²) in [7, 11) is 1.86. The molecule has 0 aliphatic carbocycles. The maximum absolute atomic E-state index is 9.03. The minimum absolute atomic E-state index is 0.419. The molecule has 1 aromatic heterocycles. The highest BCUT2D eigenvalue weighted by Gasteiger charge is 2.02. The molecular formula is C8H16N2O. The number of aryl methyl sites for hydroxylation is 1. The van der Waals surface area contributed by atoms with E-state index in [9.17, 15) is 0 Å². The van der Waals surface area contributed by atoms with Crippen LogP contribution in [0.5, 0.6) is 0 Å². The van der Waals surface area contributed by atoms with Gasteiger partial charge in [-0.2, -0.15) is 0 Å². The van der Waals surface area contributed by atoms with Gasteiger partial charge < -0.3 is 9.67 Å². The first-order chi connectivity index (χ1) is 5.22. The number of aromatic nitrogens is 2. The molecule has 0 amide bonds. The van der Waals surface area contributed by atoms with E-state index in [1.165, 1.54) is 0 Å². The minimum atomic E-state index is -0.419. The first-order valence-corrected chi connectivity index (χ1v) is 3.86. The van der Waals surface area contributed by atoms with Crippen LogP contribution in [0.15, 0.2) is 12.5 Å². The Labute approximate surface area is 67.7 Å². The lowest BCUT2D eigenvalue weighted by molar-refractivity contribution is 0.190. The second-order valence-corrected chi connectivity index (χ2v) is 2.11. The molecule has 0 aliphatic heterocycles. The van der Waals surface area contributed by atoms with Crippen molar-refractivity contribution in [3.8, 4) is 0 Å². The monoisotopic (exact) mass is 156 g/mol. The molecule has 1 aromatic rings.